The highest BCUT2D eigenvalue weighted by atomic mass is 35.5. The van der Waals surface area contributed by atoms with Crippen LogP contribution in [0.3, 0.4) is 0 Å². The van der Waals surface area contributed by atoms with Gasteiger partial charge >= 0.3 is 0 Å². The summed E-state index contributed by atoms with van der Waals surface area (Å²) < 4.78 is 41.0. The Morgan fingerprint density at radius 2 is 1.84 bits per heavy atom. The van der Waals surface area contributed by atoms with Crippen LogP contribution in [0.5, 0.6) is 0 Å². The largest absolute Gasteiger partial charge is 0.377 e. The van der Waals surface area contributed by atoms with Gasteiger partial charge in [-0.05, 0) is 74.9 Å². The molecule has 11 nitrogen and oxygen atoms in total. The number of anilines is 2. The summed E-state index contributed by atoms with van der Waals surface area (Å²) in [4.78, 5) is 41.6. The topological polar surface area (TPSA) is 139 Å². The Morgan fingerprint density at radius 3 is 2.50 bits per heavy atom. The highest BCUT2D eigenvalue weighted by Crippen LogP contribution is 2.32. The van der Waals surface area contributed by atoms with Gasteiger partial charge in [-0.3, -0.25) is 19.1 Å². The minimum atomic E-state index is -3.85. The molecule has 2 N–H and O–H groups in total. The zero-order valence-electron chi connectivity index (χ0n) is 25.0. The van der Waals surface area contributed by atoms with Crippen LogP contribution in [0.4, 0.5) is 16.0 Å². The molecule has 3 aromatic heterocycles. The molecule has 1 atom stereocenters. The Balaban J connectivity index is 1.48. The van der Waals surface area contributed by atoms with Gasteiger partial charge in [0.05, 0.1) is 34.6 Å². The van der Waals surface area contributed by atoms with Gasteiger partial charge < -0.3 is 10.2 Å². The minimum absolute atomic E-state index is 0.0187. The summed E-state index contributed by atoms with van der Waals surface area (Å²) in [6.07, 6.45) is 4.10. The molecule has 232 valence electrons. The van der Waals surface area contributed by atoms with E-state index in [-0.39, 0.29) is 33.8 Å². The molecule has 14 heteroatoms. The predicted molar refractivity (Wildman–Crippen MR) is 168 cm³/mol. The second-order valence-electron chi connectivity index (χ2n) is 11.2. The summed E-state index contributed by atoms with van der Waals surface area (Å²) in [5, 5.41) is 3.69. The summed E-state index contributed by atoms with van der Waals surface area (Å²) in [7, 11) is -2.15. The molecule has 1 saturated heterocycles. The number of sulfonamides is 1. The van der Waals surface area contributed by atoms with E-state index in [1.165, 1.54) is 6.07 Å². The van der Waals surface area contributed by atoms with E-state index in [4.69, 9.17) is 16.6 Å². The zero-order chi connectivity index (χ0) is 31.9. The first-order valence-corrected chi connectivity index (χ1v) is 16.3. The second-order valence-corrected chi connectivity index (χ2v) is 13.4. The van der Waals surface area contributed by atoms with Crippen LogP contribution in [0.25, 0.3) is 10.9 Å². The zero-order valence-corrected chi connectivity index (χ0v) is 26.6. The Kier molecular flexibility index (Phi) is 8.63. The van der Waals surface area contributed by atoms with E-state index in [0.717, 1.165) is 30.2 Å². The Bertz CT molecular complexity index is 1940. The van der Waals surface area contributed by atoms with Gasteiger partial charge in [0.1, 0.15) is 11.0 Å². The quantitative estimate of drug-likeness (QED) is 0.282. The second kappa shape index (κ2) is 12.1. The van der Waals surface area contributed by atoms with Crippen LogP contribution in [0.1, 0.15) is 64.6 Å². The van der Waals surface area contributed by atoms with Crippen LogP contribution < -0.4 is 20.5 Å². The molecule has 1 amide bonds. The number of hydrogen-bond acceptors (Lipinski definition) is 9. The highest BCUT2D eigenvalue weighted by molar-refractivity contribution is 7.89. The third-order valence-electron chi connectivity index (χ3n) is 7.82. The highest BCUT2D eigenvalue weighted by Gasteiger charge is 2.26. The average molecular weight is 642 g/mol. The Hall–Kier alpha value is -4.10. The molecule has 4 aromatic rings. The van der Waals surface area contributed by atoms with Gasteiger partial charge in [0, 0.05) is 31.9 Å². The van der Waals surface area contributed by atoms with Gasteiger partial charge in [-0.15, -0.1) is 0 Å². The smallest absolute Gasteiger partial charge is 0.285 e. The standard InChI is InChI=1S/C30H33ClFN7O4S/c1-16-12-21(17(2)34-24-6-7-25(31)35-27(24)28(40)37-44(5,42)43)26-22(13-16)29(41)38(4)30(36-26)39-10-8-19(9-11-39)20-14-23(32)18(3)33-15-20/h6-7,12-15,17,19,34H,8-11H2,1-5H3,(H,37,40)/t17-/m1/s1. The third-order valence-corrected chi connectivity index (χ3v) is 8.59. The van der Waals surface area contributed by atoms with Crippen LogP contribution in [-0.2, 0) is 17.1 Å². The lowest BCUT2D eigenvalue weighted by Crippen LogP contribution is -2.37. The van der Waals surface area contributed by atoms with Crippen molar-refractivity contribution < 1.29 is 17.6 Å². The molecule has 1 aromatic carbocycles. The van der Waals surface area contributed by atoms with Gasteiger partial charge in [-0.1, -0.05) is 17.7 Å². The maximum atomic E-state index is 14.2. The number of nitrogens with zero attached hydrogens (tertiary/aromatic N) is 5. The number of nitrogens with one attached hydrogen (secondary N) is 2. The number of aromatic nitrogens is 4. The normalized spacial score (nSPS) is 14.9. The van der Waals surface area contributed by atoms with Crippen LogP contribution in [0.15, 0.2) is 41.3 Å². The minimum Gasteiger partial charge on any atom is -0.377 e. The molecule has 0 aliphatic carbocycles. The molecule has 44 heavy (non-hydrogen) atoms. The Morgan fingerprint density at radius 1 is 1.14 bits per heavy atom. The number of amides is 1. The summed E-state index contributed by atoms with van der Waals surface area (Å²) in [6, 6.07) is 7.82. The van der Waals surface area contributed by atoms with Crippen molar-refractivity contribution in [3.05, 3.63) is 85.9 Å². The molecule has 0 unspecified atom stereocenters. The van der Waals surface area contributed by atoms with E-state index in [2.05, 4.69) is 20.2 Å². The first-order chi connectivity index (χ1) is 20.7. The fraction of sp³-hybridized carbons (Fsp3) is 0.367. The molecule has 1 aliphatic heterocycles. The average Bonchev–Trinajstić information content (AvgIpc) is 2.96. The molecule has 1 aliphatic rings. The van der Waals surface area contributed by atoms with Crippen molar-refractivity contribution in [2.24, 2.45) is 7.05 Å². The predicted octanol–water partition coefficient (Wildman–Crippen LogP) is 4.38. The number of pyridine rings is 2. The van der Waals surface area contributed by atoms with Crippen LogP contribution in [0, 0.1) is 19.7 Å². The molecule has 0 bridgehead atoms. The number of aryl methyl sites for hydroxylation is 2. The number of piperidine rings is 1. The maximum Gasteiger partial charge on any atom is 0.285 e. The molecule has 5 rings (SSSR count). The van der Waals surface area contributed by atoms with Crippen molar-refractivity contribution >= 4 is 50.1 Å². The molecule has 0 radical (unpaired) electrons. The summed E-state index contributed by atoms with van der Waals surface area (Å²) in [6.45, 7) is 6.61. The lowest BCUT2D eigenvalue weighted by Gasteiger charge is -2.34. The summed E-state index contributed by atoms with van der Waals surface area (Å²) in [5.74, 6) is -0.573. The lowest BCUT2D eigenvalue weighted by atomic mass is 9.90. The van der Waals surface area contributed by atoms with E-state index in [1.54, 1.807) is 42.9 Å². The fourth-order valence-electron chi connectivity index (χ4n) is 5.56. The molecular weight excluding hydrogens is 609 g/mol. The molecular formula is C30H33ClFN7O4S. The van der Waals surface area contributed by atoms with Crippen molar-refractivity contribution in [3.8, 4) is 0 Å². The van der Waals surface area contributed by atoms with E-state index in [1.807, 2.05) is 24.6 Å². The monoisotopic (exact) mass is 641 g/mol. The van der Waals surface area contributed by atoms with Gasteiger partial charge in [0.15, 0.2) is 5.69 Å². The summed E-state index contributed by atoms with van der Waals surface area (Å²) >= 11 is 6.03. The SMILES string of the molecule is Cc1cc([C@@H](C)Nc2ccc(Cl)nc2C(=O)NS(C)(=O)=O)c2nc(N3CCC(c4cnc(C)c(F)c4)CC3)n(C)c(=O)c2c1. The lowest BCUT2D eigenvalue weighted by molar-refractivity contribution is 0.0977. The van der Waals surface area contributed by atoms with E-state index in [0.29, 0.717) is 41.2 Å². The van der Waals surface area contributed by atoms with Gasteiger partial charge in [-0.25, -0.2) is 27.5 Å². The number of benzene rings is 1. The van der Waals surface area contributed by atoms with Crippen molar-refractivity contribution in [3.63, 3.8) is 0 Å². The summed E-state index contributed by atoms with van der Waals surface area (Å²) in [5.41, 5.74) is 3.16. The number of carbonyl (C=O) groups is 1. The molecule has 0 spiro atoms. The van der Waals surface area contributed by atoms with E-state index in [9.17, 15) is 22.4 Å². The Labute approximate surface area is 259 Å². The molecule has 1 fully saturated rings. The first-order valence-electron chi connectivity index (χ1n) is 14.0. The van der Waals surface area contributed by atoms with Crippen LogP contribution in [-0.4, -0.2) is 53.2 Å². The molecule has 0 saturated carbocycles. The number of rotatable bonds is 7. The number of hydrogen-bond donors (Lipinski definition) is 2. The van der Waals surface area contributed by atoms with Crippen molar-refractivity contribution in [1.29, 1.82) is 0 Å². The maximum absolute atomic E-state index is 14.2. The van der Waals surface area contributed by atoms with Gasteiger partial charge in [0.2, 0.25) is 16.0 Å². The number of fused-ring (bicyclic) bond motifs is 1. The van der Waals surface area contributed by atoms with Crippen LogP contribution >= 0.6 is 11.6 Å². The molecule has 4 heterocycles. The van der Waals surface area contributed by atoms with Gasteiger partial charge in [0.25, 0.3) is 11.5 Å². The van der Waals surface area contributed by atoms with Crippen LogP contribution in [0.2, 0.25) is 5.15 Å². The number of carbonyl (C=O) groups excluding carboxylic acids is 1. The van der Waals surface area contributed by atoms with E-state index >= 15 is 0 Å². The third kappa shape index (κ3) is 6.53. The fourth-order valence-corrected chi connectivity index (χ4v) is 6.14. The number of halogens is 2. The van der Waals surface area contributed by atoms with E-state index < -0.39 is 22.0 Å². The van der Waals surface area contributed by atoms with Crippen molar-refractivity contribution in [2.75, 3.05) is 29.6 Å². The van der Waals surface area contributed by atoms with Crippen molar-refractivity contribution in [2.45, 2.75) is 45.6 Å². The van der Waals surface area contributed by atoms with Gasteiger partial charge in [-0.2, -0.15) is 0 Å². The first kappa shape index (κ1) is 31.3. The van der Waals surface area contributed by atoms with Crippen molar-refractivity contribution in [1.82, 2.24) is 24.2 Å².